The Morgan fingerprint density at radius 2 is 1.65 bits per heavy atom. The van der Waals surface area contributed by atoms with Crippen LogP contribution in [-0.2, 0) is 4.79 Å². The zero-order valence-corrected chi connectivity index (χ0v) is 22.6. The van der Waals surface area contributed by atoms with Crippen molar-refractivity contribution in [1.82, 2.24) is 0 Å². The zero-order chi connectivity index (χ0) is 25.9. The standard InChI is InChI=1S/C31H39NO4S/c1-20-7-9-24(10-8-20)30(34)32(25-15-17-26(33)18-16-25)27-19-28(37-29(27)31(35)36)23-13-11-22(12-14-23)21-5-3-2-4-6-21/h2-6,13,19-20,22,24-26,33H,7-12,14-18H2,1H3,(H,35,36)/t20-,22?,24-,25-,26-. The summed E-state index contributed by atoms with van der Waals surface area (Å²) in [5.74, 6) is 0.206. The summed E-state index contributed by atoms with van der Waals surface area (Å²) in [5, 5.41) is 20.3. The van der Waals surface area contributed by atoms with Crippen LogP contribution < -0.4 is 4.90 Å². The molecule has 1 unspecified atom stereocenters. The summed E-state index contributed by atoms with van der Waals surface area (Å²) in [6.45, 7) is 2.24. The van der Waals surface area contributed by atoms with Gasteiger partial charge >= 0.3 is 5.97 Å². The van der Waals surface area contributed by atoms with Crippen LogP contribution in [0, 0.1) is 11.8 Å². The molecule has 0 aliphatic heterocycles. The average molecular weight is 522 g/mol. The molecular formula is C31H39NO4S. The van der Waals surface area contributed by atoms with Gasteiger partial charge in [0.25, 0.3) is 0 Å². The van der Waals surface area contributed by atoms with Gasteiger partial charge in [-0.15, -0.1) is 11.3 Å². The van der Waals surface area contributed by atoms with Gasteiger partial charge in [0.15, 0.2) is 0 Å². The molecule has 0 bridgehead atoms. The summed E-state index contributed by atoms with van der Waals surface area (Å²) in [6, 6.07) is 12.5. The van der Waals surface area contributed by atoms with E-state index in [1.807, 2.05) is 17.0 Å². The SMILES string of the molecule is C[C@H]1CC[C@H](C(=O)N(c2cc(C3=CCC(c4ccccc4)CC3)sc2C(=O)O)[C@H]2CC[C@H](O)CC2)CC1. The number of aromatic carboxylic acids is 1. The number of carboxylic acid groups (broad SMARTS) is 1. The molecule has 0 spiro atoms. The number of hydrogen-bond donors (Lipinski definition) is 2. The van der Waals surface area contributed by atoms with E-state index in [1.165, 1.54) is 22.5 Å². The number of carbonyl (C=O) groups is 2. The largest absolute Gasteiger partial charge is 0.477 e. The minimum atomic E-state index is -0.962. The number of benzene rings is 1. The Morgan fingerprint density at radius 3 is 2.27 bits per heavy atom. The summed E-state index contributed by atoms with van der Waals surface area (Å²) >= 11 is 1.32. The lowest BCUT2D eigenvalue weighted by atomic mass is 9.81. The monoisotopic (exact) mass is 521 g/mol. The quantitative estimate of drug-likeness (QED) is 0.419. The topological polar surface area (TPSA) is 77.8 Å². The molecule has 1 aromatic carbocycles. The van der Waals surface area contributed by atoms with E-state index >= 15 is 0 Å². The fraction of sp³-hybridized carbons (Fsp3) is 0.548. The van der Waals surface area contributed by atoms with Crippen molar-refractivity contribution in [1.29, 1.82) is 0 Å². The molecule has 3 aliphatic rings. The third-order valence-corrected chi connectivity index (χ3v) is 9.99. The minimum Gasteiger partial charge on any atom is -0.477 e. The molecule has 3 aliphatic carbocycles. The molecule has 0 saturated heterocycles. The van der Waals surface area contributed by atoms with Crippen LogP contribution in [0.1, 0.15) is 104 Å². The second-order valence-corrected chi connectivity index (χ2v) is 12.4. The lowest BCUT2D eigenvalue weighted by Gasteiger charge is -2.38. The van der Waals surface area contributed by atoms with Gasteiger partial charge in [0, 0.05) is 16.8 Å². The highest BCUT2D eigenvalue weighted by molar-refractivity contribution is 7.15. The van der Waals surface area contributed by atoms with Gasteiger partial charge in [0.1, 0.15) is 4.88 Å². The van der Waals surface area contributed by atoms with Gasteiger partial charge < -0.3 is 15.1 Å². The normalized spacial score (nSPS) is 28.4. The fourth-order valence-corrected chi connectivity index (χ4v) is 7.53. The van der Waals surface area contributed by atoms with E-state index in [0.717, 1.165) is 49.8 Å². The Balaban J connectivity index is 1.45. The van der Waals surface area contributed by atoms with E-state index < -0.39 is 5.97 Å². The first-order valence-electron chi connectivity index (χ1n) is 14.0. The molecule has 2 aromatic rings. The number of carbonyl (C=O) groups excluding carboxylic acids is 1. The Morgan fingerprint density at radius 1 is 0.946 bits per heavy atom. The number of amides is 1. The maximum atomic E-state index is 14.0. The second kappa shape index (κ2) is 11.5. The molecule has 2 fully saturated rings. The van der Waals surface area contributed by atoms with Gasteiger partial charge in [-0.3, -0.25) is 4.79 Å². The maximum Gasteiger partial charge on any atom is 0.348 e. The lowest BCUT2D eigenvalue weighted by Crippen LogP contribution is -2.47. The molecule has 0 radical (unpaired) electrons. The Hall–Kier alpha value is -2.44. The fourth-order valence-electron chi connectivity index (χ4n) is 6.47. The van der Waals surface area contributed by atoms with Crippen molar-refractivity contribution in [2.45, 2.75) is 95.6 Å². The number of aliphatic hydroxyl groups excluding tert-OH is 1. The Bertz CT molecular complexity index is 1120. The summed E-state index contributed by atoms with van der Waals surface area (Å²) in [4.78, 5) is 29.6. The number of anilines is 1. The van der Waals surface area contributed by atoms with E-state index in [9.17, 15) is 19.8 Å². The molecular weight excluding hydrogens is 482 g/mol. The van der Waals surface area contributed by atoms with E-state index in [1.54, 1.807) is 0 Å². The van der Waals surface area contributed by atoms with Crippen LogP contribution in [0.4, 0.5) is 5.69 Å². The molecule has 2 saturated carbocycles. The molecule has 5 nitrogen and oxygen atoms in total. The Kier molecular flexibility index (Phi) is 8.15. The second-order valence-electron chi connectivity index (χ2n) is 11.4. The first kappa shape index (κ1) is 26.2. The number of carboxylic acids is 1. The van der Waals surface area contributed by atoms with Crippen molar-refractivity contribution in [3.05, 3.63) is 57.8 Å². The van der Waals surface area contributed by atoms with Crippen LogP contribution >= 0.6 is 11.3 Å². The van der Waals surface area contributed by atoms with Crippen LogP contribution in [0.5, 0.6) is 0 Å². The van der Waals surface area contributed by atoms with Gasteiger partial charge in [-0.2, -0.15) is 0 Å². The number of rotatable bonds is 6. The predicted molar refractivity (Wildman–Crippen MR) is 149 cm³/mol. The number of aliphatic hydroxyl groups is 1. The molecule has 1 heterocycles. The van der Waals surface area contributed by atoms with Crippen LogP contribution in [0.3, 0.4) is 0 Å². The first-order chi connectivity index (χ1) is 17.9. The van der Waals surface area contributed by atoms with Gasteiger partial charge in [0.05, 0.1) is 11.8 Å². The van der Waals surface area contributed by atoms with Crippen LogP contribution in [0.15, 0.2) is 42.5 Å². The third kappa shape index (κ3) is 5.85. The molecule has 198 valence electrons. The van der Waals surface area contributed by atoms with Crippen molar-refractivity contribution in [2.24, 2.45) is 11.8 Å². The molecule has 2 N–H and O–H groups in total. The van der Waals surface area contributed by atoms with Crippen molar-refractivity contribution in [2.75, 3.05) is 4.90 Å². The number of nitrogens with zero attached hydrogens (tertiary/aromatic N) is 1. The zero-order valence-electron chi connectivity index (χ0n) is 21.8. The summed E-state index contributed by atoms with van der Waals surface area (Å²) < 4.78 is 0. The molecule has 1 aromatic heterocycles. The van der Waals surface area contributed by atoms with Crippen molar-refractivity contribution >= 4 is 34.5 Å². The predicted octanol–water partition coefficient (Wildman–Crippen LogP) is 7.26. The van der Waals surface area contributed by atoms with Crippen LogP contribution in [0.25, 0.3) is 5.57 Å². The third-order valence-electron chi connectivity index (χ3n) is 8.80. The smallest absolute Gasteiger partial charge is 0.348 e. The van der Waals surface area contributed by atoms with Crippen LogP contribution in [0.2, 0.25) is 0 Å². The maximum absolute atomic E-state index is 14.0. The molecule has 5 rings (SSSR count). The van der Waals surface area contributed by atoms with Crippen molar-refractivity contribution < 1.29 is 19.8 Å². The summed E-state index contributed by atoms with van der Waals surface area (Å²) in [7, 11) is 0. The molecule has 37 heavy (non-hydrogen) atoms. The first-order valence-corrected chi connectivity index (χ1v) is 14.8. The molecule has 6 heteroatoms. The van der Waals surface area contributed by atoms with Crippen molar-refractivity contribution in [3.8, 4) is 0 Å². The van der Waals surface area contributed by atoms with Crippen LogP contribution in [-0.4, -0.2) is 34.2 Å². The highest BCUT2D eigenvalue weighted by Gasteiger charge is 2.37. The lowest BCUT2D eigenvalue weighted by molar-refractivity contribution is -0.124. The Labute approximate surface area is 224 Å². The highest BCUT2D eigenvalue weighted by atomic mass is 32.1. The number of hydrogen-bond acceptors (Lipinski definition) is 4. The van der Waals surface area contributed by atoms with E-state index in [4.69, 9.17) is 0 Å². The highest BCUT2D eigenvalue weighted by Crippen LogP contribution is 2.43. The summed E-state index contributed by atoms with van der Waals surface area (Å²) in [6.07, 6.45) is 11.4. The van der Waals surface area contributed by atoms with Gasteiger partial charge in [-0.05, 0) is 99.7 Å². The van der Waals surface area contributed by atoms with Gasteiger partial charge in [-0.1, -0.05) is 43.3 Å². The molecule has 1 amide bonds. The average Bonchev–Trinajstić information content (AvgIpc) is 3.36. The molecule has 1 atom stereocenters. The minimum absolute atomic E-state index is 0.0476. The number of allylic oxidation sites excluding steroid dienone is 2. The number of thiophene rings is 1. The van der Waals surface area contributed by atoms with Gasteiger partial charge in [0.2, 0.25) is 5.91 Å². The van der Waals surface area contributed by atoms with Gasteiger partial charge in [-0.25, -0.2) is 4.79 Å². The van der Waals surface area contributed by atoms with E-state index in [2.05, 4.69) is 37.3 Å². The van der Waals surface area contributed by atoms with Crippen molar-refractivity contribution in [3.63, 3.8) is 0 Å². The summed E-state index contributed by atoms with van der Waals surface area (Å²) in [5.41, 5.74) is 3.13. The van der Waals surface area contributed by atoms with E-state index in [-0.39, 0.29) is 28.8 Å². The van der Waals surface area contributed by atoms with E-state index in [0.29, 0.717) is 43.2 Å².